The second kappa shape index (κ2) is 4.75. The Hall–Kier alpha value is -1.00. The molecule has 3 atom stereocenters. The van der Waals surface area contributed by atoms with Crippen molar-refractivity contribution in [2.24, 2.45) is 0 Å². The third kappa shape index (κ3) is 2.11. The van der Waals surface area contributed by atoms with E-state index in [1.54, 1.807) is 4.57 Å². The lowest BCUT2D eigenvalue weighted by atomic mass is 10.2. The minimum absolute atomic E-state index is 0.0737. The van der Waals surface area contributed by atoms with Crippen molar-refractivity contribution >= 4 is 44.6 Å². The lowest BCUT2D eigenvalue weighted by molar-refractivity contribution is -0.183. The zero-order valence-electron chi connectivity index (χ0n) is 11.8. The van der Waals surface area contributed by atoms with Crippen LogP contribution in [-0.4, -0.2) is 44.1 Å². The minimum Gasteiger partial charge on any atom is -0.368 e. The molecule has 0 aromatic carbocycles. The lowest BCUT2D eigenvalue weighted by Gasteiger charge is -2.23. The first-order chi connectivity index (χ1) is 10.4. The number of rotatable bonds is 1. The van der Waals surface area contributed by atoms with Crippen LogP contribution >= 0.6 is 27.5 Å². The van der Waals surface area contributed by atoms with Crippen molar-refractivity contribution in [2.75, 3.05) is 12.3 Å². The number of nitrogens with zero attached hydrogens (tertiary/aromatic N) is 4. The molecular formula is C12H13BrClN5O3. The van der Waals surface area contributed by atoms with E-state index in [2.05, 4.69) is 30.9 Å². The third-order valence-electron chi connectivity index (χ3n) is 3.66. The maximum Gasteiger partial charge on any atom is 0.223 e. The number of aromatic nitrogens is 4. The summed E-state index contributed by atoms with van der Waals surface area (Å²) in [7, 11) is 0. The molecular weight excluding hydrogens is 378 g/mol. The van der Waals surface area contributed by atoms with Gasteiger partial charge in [0.2, 0.25) is 5.95 Å². The molecule has 2 fully saturated rings. The highest BCUT2D eigenvalue weighted by Gasteiger charge is 2.51. The van der Waals surface area contributed by atoms with E-state index in [1.807, 2.05) is 13.8 Å². The van der Waals surface area contributed by atoms with E-state index >= 15 is 0 Å². The SMILES string of the molecule is CC1(C)O[C@H]2[C@H](CO[C@H]2n2c(Br)nc3c(Cl)nc(N)nc32)O1. The molecule has 0 spiro atoms. The normalized spacial score (nSPS) is 30.1. The Labute approximate surface area is 139 Å². The average Bonchev–Trinajstić information content (AvgIpc) is 3.00. The van der Waals surface area contributed by atoms with Crippen LogP contribution in [0.25, 0.3) is 11.2 Å². The van der Waals surface area contributed by atoms with Gasteiger partial charge in [0.05, 0.1) is 6.61 Å². The standard InChI is InChI=1S/C12H13BrClN5O3/c1-12(2)21-4-3-20-9(6(4)22-12)19-8-5(16-10(19)13)7(14)17-11(15)18-8/h4,6,9H,3H2,1-2H3,(H2,15,17,18)/t4-,6-,9+/m0/s1. The molecule has 4 rings (SSSR count). The minimum atomic E-state index is -0.647. The molecule has 22 heavy (non-hydrogen) atoms. The summed E-state index contributed by atoms with van der Waals surface area (Å²) in [6.45, 7) is 4.18. The summed E-state index contributed by atoms with van der Waals surface area (Å²) in [6, 6.07) is 0. The van der Waals surface area contributed by atoms with E-state index in [0.29, 0.717) is 22.5 Å². The Morgan fingerprint density at radius 1 is 1.32 bits per heavy atom. The molecule has 0 saturated carbocycles. The van der Waals surface area contributed by atoms with E-state index in [9.17, 15) is 0 Å². The first-order valence-electron chi connectivity index (χ1n) is 6.69. The van der Waals surface area contributed by atoms with Gasteiger partial charge in [-0.15, -0.1) is 0 Å². The summed E-state index contributed by atoms with van der Waals surface area (Å²) in [6.07, 6.45) is -0.839. The van der Waals surface area contributed by atoms with Crippen LogP contribution in [0.5, 0.6) is 0 Å². The fourth-order valence-corrected chi connectivity index (χ4v) is 3.66. The molecule has 4 heterocycles. The number of nitrogens with two attached hydrogens (primary N) is 1. The Morgan fingerprint density at radius 2 is 2.09 bits per heavy atom. The summed E-state index contributed by atoms with van der Waals surface area (Å²) in [5.41, 5.74) is 6.63. The Morgan fingerprint density at radius 3 is 2.86 bits per heavy atom. The predicted octanol–water partition coefficient (Wildman–Crippen LogP) is 1.87. The first-order valence-corrected chi connectivity index (χ1v) is 7.86. The molecule has 2 aromatic rings. The van der Waals surface area contributed by atoms with Crippen molar-refractivity contribution in [3.05, 3.63) is 9.89 Å². The molecule has 0 aliphatic carbocycles. The number of imidazole rings is 1. The molecule has 0 bridgehead atoms. The van der Waals surface area contributed by atoms with E-state index in [-0.39, 0.29) is 23.3 Å². The average molecular weight is 391 g/mol. The summed E-state index contributed by atoms with van der Waals surface area (Å²) >= 11 is 9.50. The third-order valence-corrected chi connectivity index (χ3v) is 4.48. The van der Waals surface area contributed by atoms with Gasteiger partial charge in [-0.05, 0) is 29.8 Å². The molecule has 2 aliphatic rings. The Kier molecular flexibility index (Phi) is 3.15. The lowest BCUT2D eigenvalue weighted by Crippen LogP contribution is -2.28. The number of nitrogen functional groups attached to an aromatic ring is 1. The molecule has 2 aliphatic heterocycles. The predicted molar refractivity (Wildman–Crippen MR) is 81.3 cm³/mol. The molecule has 2 N–H and O–H groups in total. The van der Waals surface area contributed by atoms with Crippen LogP contribution in [-0.2, 0) is 14.2 Å². The van der Waals surface area contributed by atoms with Gasteiger partial charge in [-0.25, -0.2) is 4.98 Å². The molecule has 118 valence electrons. The van der Waals surface area contributed by atoms with Gasteiger partial charge in [-0.1, -0.05) is 11.6 Å². The van der Waals surface area contributed by atoms with E-state index in [4.69, 9.17) is 31.5 Å². The molecule has 10 heteroatoms. The van der Waals surface area contributed by atoms with Crippen molar-refractivity contribution in [1.29, 1.82) is 0 Å². The van der Waals surface area contributed by atoms with Gasteiger partial charge in [0.15, 0.2) is 27.5 Å². The van der Waals surface area contributed by atoms with Crippen LogP contribution in [0.15, 0.2) is 4.73 Å². The summed E-state index contributed by atoms with van der Waals surface area (Å²) in [4.78, 5) is 12.5. The zero-order valence-corrected chi connectivity index (χ0v) is 14.1. The van der Waals surface area contributed by atoms with Crippen molar-refractivity contribution in [2.45, 2.75) is 38.1 Å². The summed E-state index contributed by atoms with van der Waals surface area (Å²) in [5, 5.41) is 0.195. The van der Waals surface area contributed by atoms with Crippen LogP contribution in [0.3, 0.4) is 0 Å². The van der Waals surface area contributed by atoms with Crippen molar-refractivity contribution in [3.63, 3.8) is 0 Å². The molecule has 2 saturated heterocycles. The highest BCUT2D eigenvalue weighted by Crippen LogP contribution is 2.42. The zero-order chi connectivity index (χ0) is 15.6. The first kappa shape index (κ1) is 14.6. The van der Waals surface area contributed by atoms with Gasteiger partial charge in [-0.3, -0.25) is 4.57 Å². The molecule has 2 aromatic heterocycles. The summed E-state index contributed by atoms with van der Waals surface area (Å²) in [5.74, 6) is -0.573. The maximum atomic E-state index is 6.09. The van der Waals surface area contributed by atoms with Gasteiger partial charge in [-0.2, -0.15) is 9.97 Å². The Balaban J connectivity index is 1.83. The monoisotopic (exact) mass is 389 g/mol. The van der Waals surface area contributed by atoms with Crippen molar-refractivity contribution < 1.29 is 14.2 Å². The van der Waals surface area contributed by atoms with E-state index < -0.39 is 12.0 Å². The van der Waals surface area contributed by atoms with Gasteiger partial charge < -0.3 is 19.9 Å². The van der Waals surface area contributed by atoms with Crippen LogP contribution in [0.2, 0.25) is 5.15 Å². The second-order valence-electron chi connectivity index (χ2n) is 5.66. The largest absolute Gasteiger partial charge is 0.368 e. The topological polar surface area (TPSA) is 97.3 Å². The highest BCUT2D eigenvalue weighted by atomic mass is 79.9. The molecule has 0 radical (unpaired) electrons. The quantitative estimate of drug-likeness (QED) is 0.586. The second-order valence-corrected chi connectivity index (χ2v) is 6.73. The van der Waals surface area contributed by atoms with Crippen LogP contribution in [0.4, 0.5) is 5.95 Å². The summed E-state index contributed by atoms with van der Waals surface area (Å²) < 4.78 is 19.9. The maximum absolute atomic E-state index is 6.09. The van der Waals surface area contributed by atoms with Crippen molar-refractivity contribution in [1.82, 2.24) is 19.5 Å². The van der Waals surface area contributed by atoms with Gasteiger partial charge in [0.25, 0.3) is 0 Å². The van der Waals surface area contributed by atoms with Crippen LogP contribution in [0.1, 0.15) is 20.1 Å². The van der Waals surface area contributed by atoms with Gasteiger partial charge >= 0.3 is 0 Å². The smallest absolute Gasteiger partial charge is 0.223 e. The highest BCUT2D eigenvalue weighted by molar-refractivity contribution is 9.10. The number of halogens is 2. The molecule has 8 nitrogen and oxygen atoms in total. The molecule has 0 amide bonds. The van der Waals surface area contributed by atoms with Crippen LogP contribution < -0.4 is 5.73 Å². The van der Waals surface area contributed by atoms with E-state index in [1.165, 1.54) is 0 Å². The Bertz CT molecular complexity index is 767. The van der Waals surface area contributed by atoms with E-state index in [0.717, 1.165) is 0 Å². The fourth-order valence-electron chi connectivity index (χ4n) is 2.90. The van der Waals surface area contributed by atoms with Crippen LogP contribution in [0, 0.1) is 0 Å². The fraction of sp³-hybridized carbons (Fsp3) is 0.583. The number of anilines is 1. The number of hydrogen-bond acceptors (Lipinski definition) is 7. The number of hydrogen-bond donors (Lipinski definition) is 1. The van der Waals surface area contributed by atoms with Crippen molar-refractivity contribution in [3.8, 4) is 0 Å². The number of ether oxygens (including phenoxy) is 3. The van der Waals surface area contributed by atoms with Gasteiger partial charge in [0, 0.05) is 0 Å². The number of fused-ring (bicyclic) bond motifs is 2. The van der Waals surface area contributed by atoms with Gasteiger partial charge in [0.1, 0.15) is 17.7 Å². The molecule has 0 unspecified atom stereocenters.